The Hall–Kier alpha value is -2.18. The molecule has 120 valence electrons. The first-order chi connectivity index (χ1) is 10.4. The van der Waals surface area contributed by atoms with Crippen LogP contribution in [0.2, 0.25) is 0 Å². The van der Waals surface area contributed by atoms with E-state index in [0.717, 1.165) is 18.2 Å². The number of methoxy groups -OCH3 is 1. The first kappa shape index (κ1) is 16.2. The predicted molar refractivity (Wildman–Crippen MR) is 73.3 cm³/mol. The van der Waals surface area contributed by atoms with Crippen molar-refractivity contribution in [3.8, 4) is 0 Å². The number of amides is 1. The molecule has 0 saturated carbocycles. The number of halogens is 2. The number of carbonyl (C=O) groups is 2. The van der Waals surface area contributed by atoms with Crippen LogP contribution < -0.4 is 0 Å². The van der Waals surface area contributed by atoms with Gasteiger partial charge in [0, 0.05) is 12.6 Å². The van der Waals surface area contributed by atoms with Crippen molar-refractivity contribution in [3.05, 3.63) is 35.4 Å². The highest BCUT2D eigenvalue weighted by molar-refractivity contribution is 5.72. The van der Waals surface area contributed by atoms with E-state index in [1.807, 2.05) is 0 Å². The second-order valence-electron chi connectivity index (χ2n) is 5.32. The zero-order chi connectivity index (χ0) is 16.3. The molecule has 1 heterocycles. The van der Waals surface area contributed by atoms with E-state index in [-0.39, 0.29) is 24.9 Å². The van der Waals surface area contributed by atoms with E-state index < -0.39 is 35.7 Å². The first-order valence-corrected chi connectivity index (χ1v) is 6.93. The number of ether oxygens (including phenoxy) is 1. The van der Waals surface area contributed by atoms with Crippen molar-refractivity contribution in [2.45, 2.75) is 25.3 Å². The number of hydrogen-bond acceptors (Lipinski definition) is 3. The number of carbonyl (C=O) groups excluding carboxylic acids is 1. The third kappa shape index (κ3) is 3.52. The Labute approximate surface area is 126 Å². The van der Waals surface area contributed by atoms with Crippen LogP contribution in [0.1, 0.15) is 18.4 Å². The van der Waals surface area contributed by atoms with Crippen molar-refractivity contribution >= 4 is 12.1 Å². The van der Waals surface area contributed by atoms with Gasteiger partial charge in [0.25, 0.3) is 0 Å². The Balaban J connectivity index is 2.22. The molecule has 0 spiro atoms. The molecule has 1 amide bonds. The molecule has 0 aromatic heterocycles. The van der Waals surface area contributed by atoms with Gasteiger partial charge in [-0.15, -0.1) is 0 Å². The van der Waals surface area contributed by atoms with Gasteiger partial charge in [-0.1, -0.05) is 0 Å². The van der Waals surface area contributed by atoms with E-state index in [4.69, 9.17) is 5.11 Å². The van der Waals surface area contributed by atoms with Crippen molar-refractivity contribution in [1.82, 2.24) is 4.90 Å². The molecule has 2 atom stereocenters. The van der Waals surface area contributed by atoms with E-state index in [0.29, 0.717) is 6.42 Å². The molecule has 5 nitrogen and oxygen atoms in total. The predicted octanol–water partition coefficient (Wildman–Crippen LogP) is 2.44. The average Bonchev–Trinajstić information content (AvgIpc) is 2.50. The van der Waals surface area contributed by atoms with Gasteiger partial charge >= 0.3 is 12.1 Å². The molecule has 0 bridgehead atoms. The van der Waals surface area contributed by atoms with Gasteiger partial charge < -0.3 is 14.7 Å². The number of nitrogens with zero attached hydrogens (tertiary/aromatic N) is 1. The van der Waals surface area contributed by atoms with Gasteiger partial charge in [0.2, 0.25) is 0 Å². The molecule has 0 radical (unpaired) electrons. The van der Waals surface area contributed by atoms with E-state index in [1.165, 1.54) is 12.0 Å². The second-order valence-corrected chi connectivity index (χ2v) is 5.32. The molecule has 0 aliphatic carbocycles. The summed E-state index contributed by atoms with van der Waals surface area (Å²) in [6.45, 7) is 0.214. The number of carboxylic acids is 1. The maximum Gasteiger partial charge on any atom is 0.409 e. The molecule has 1 aliphatic rings. The van der Waals surface area contributed by atoms with Crippen LogP contribution in [-0.4, -0.2) is 41.8 Å². The Kier molecular flexibility index (Phi) is 4.95. The lowest BCUT2D eigenvalue weighted by molar-refractivity contribution is -0.144. The Morgan fingerprint density at radius 1 is 1.41 bits per heavy atom. The minimum Gasteiger partial charge on any atom is -0.481 e. The number of aliphatic carboxylic acids is 1. The highest BCUT2D eigenvalue weighted by atomic mass is 19.1. The fourth-order valence-corrected chi connectivity index (χ4v) is 2.78. The van der Waals surface area contributed by atoms with Crippen molar-refractivity contribution in [2.75, 3.05) is 13.7 Å². The molecule has 1 saturated heterocycles. The molecule has 2 rings (SSSR count). The van der Waals surface area contributed by atoms with Gasteiger partial charge in [0.1, 0.15) is 11.6 Å². The van der Waals surface area contributed by atoms with Crippen LogP contribution in [0.25, 0.3) is 0 Å². The third-order valence-electron chi connectivity index (χ3n) is 3.94. The summed E-state index contributed by atoms with van der Waals surface area (Å²) in [6.07, 6.45) is -0.0549. The van der Waals surface area contributed by atoms with Gasteiger partial charge in [-0.2, -0.15) is 0 Å². The summed E-state index contributed by atoms with van der Waals surface area (Å²) >= 11 is 0. The quantitative estimate of drug-likeness (QED) is 0.931. The highest BCUT2D eigenvalue weighted by Gasteiger charge is 2.35. The molecule has 1 aromatic carbocycles. The number of hydrogen-bond donors (Lipinski definition) is 1. The van der Waals surface area contributed by atoms with Crippen LogP contribution in [0.3, 0.4) is 0 Å². The van der Waals surface area contributed by atoms with Crippen LogP contribution in [-0.2, 0) is 16.0 Å². The molecule has 1 aromatic rings. The van der Waals surface area contributed by atoms with Crippen LogP contribution in [0.4, 0.5) is 13.6 Å². The van der Waals surface area contributed by atoms with Gasteiger partial charge in [0.05, 0.1) is 13.0 Å². The maximum atomic E-state index is 13.8. The minimum absolute atomic E-state index is 0.0441. The Bertz CT molecular complexity index is 579. The molecule has 22 heavy (non-hydrogen) atoms. The molecule has 7 heteroatoms. The number of piperidine rings is 1. The molecular formula is C15H17F2NO4. The summed E-state index contributed by atoms with van der Waals surface area (Å²) in [5.74, 6) is -2.72. The van der Waals surface area contributed by atoms with E-state index in [2.05, 4.69) is 4.74 Å². The SMILES string of the molecule is COC(=O)N1CCC(C(=O)O)CC1Cc1cc(F)ccc1F. The van der Waals surface area contributed by atoms with Crippen LogP contribution in [0.15, 0.2) is 18.2 Å². The number of benzene rings is 1. The fraction of sp³-hybridized carbons (Fsp3) is 0.467. The highest BCUT2D eigenvalue weighted by Crippen LogP contribution is 2.27. The molecule has 2 unspecified atom stereocenters. The minimum atomic E-state index is -0.950. The summed E-state index contributed by atoms with van der Waals surface area (Å²) in [4.78, 5) is 24.3. The van der Waals surface area contributed by atoms with Gasteiger partial charge in [0.15, 0.2) is 0 Å². The van der Waals surface area contributed by atoms with Crippen molar-refractivity contribution < 1.29 is 28.2 Å². The van der Waals surface area contributed by atoms with Crippen molar-refractivity contribution in [1.29, 1.82) is 0 Å². The summed E-state index contributed by atoms with van der Waals surface area (Å²) < 4.78 is 31.7. The zero-order valence-corrected chi connectivity index (χ0v) is 12.1. The second kappa shape index (κ2) is 6.72. The zero-order valence-electron chi connectivity index (χ0n) is 12.1. The smallest absolute Gasteiger partial charge is 0.409 e. The van der Waals surface area contributed by atoms with Crippen molar-refractivity contribution in [3.63, 3.8) is 0 Å². The lowest BCUT2D eigenvalue weighted by Gasteiger charge is -2.37. The van der Waals surface area contributed by atoms with Crippen molar-refractivity contribution in [2.24, 2.45) is 5.92 Å². The Morgan fingerprint density at radius 3 is 2.77 bits per heavy atom. The fourth-order valence-electron chi connectivity index (χ4n) is 2.78. The van der Waals surface area contributed by atoms with E-state index in [1.54, 1.807) is 0 Å². The molecular weight excluding hydrogens is 296 g/mol. The molecule has 1 aliphatic heterocycles. The topological polar surface area (TPSA) is 66.8 Å². The lowest BCUT2D eigenvalue weighted by Crippen LogP contribution is -2.48. The monoisotopic (exact) mass is 313 g/mol. The average molecular weight is 313 g/mol. The van der Waals surface area contributed by atoms with Gasteiger partial charge in [-0.05, 0) is 43.0 Å². The van der Waals surface area contributed by atoms with Gasteiger partial charge in [-0.3, -0.25) is 4.79 Å². The normalized spacial score (nSPS) is 21.5. The summed E-state index contributed by atoms with van der Waals surface area (Å²) in [7, 11) is 1.23. The standard InChI is InChI=1S/C15H17F2NO4/c1-22-15(21)18-5-4-9(14(19)20)7-12(18)8-10-6-11(16)2-3-13(10)17/h2-3,6,9,12H,4-5,7-8H2,1H3,(H,19,20). The van der Waals surface area contributed by atoms with Crippen LogP contribution >= 0.6 is 0 Å². The summed E-state index contributed by atoms with van der Waals surface area (Å²) in [6, 6.07) is 2.55. The summed E-state index contributed by atoms with van der Waals surface area (Å²) in [5, 5.41) is 9.13. The largest absolute Gasteiger partial charge is 0.481 e. The number of carboxylic acid groups (broad SMARTS) is 1. The van der Waals surface area contributed by atoms with Crippen LogP contribution in [0.5, 0.6) is 0 Å². The van der Waals surface area contributed by atoms with E-state index >= 15 is 0 Å². The number of rotatable bonds is 3. The Morgan fingerprint density at radius 2 is 2.14 bits per heavy atom. The van der Waals surface area contributed by atoms with Crippen LogP contribution in [0, 0.1) is 17.6 Å². The molecule has 1 fully saturated rings. The number of likely N-dealkylation sites (tertiary alicyclic amines) is 1. The first-order valence-electron chi connectivity index (χ1n) is 6.93. The third-order valence-corrected chi connectivity index (χ3v) is 3.94. The van der Waals surface area contributed by atoms with Gasteiger partial charge in [-0.25, -0.2) is 13.6 Å². The lowest BCUT2D eigenvalue weighted by atomic mass is 9.87. The summed E-state index contributed by atoms with van der Waals surface area (Å²) in [5.41, 5.74) is 0.116. The van der Waals surface area contributed by atoms with E-state index in [9.17, 15) is 18.4 Å². The maximum absolute atomic E-state index is 13.8. The molecule has 1 N–H and O–H groups in total.